The summed E-state index contributed by atoms with van der Waals surface area (Å²) in [6.07, 6.45) is 4.07. The molecule has 1 aromatic carbocycles. The largest absolute Gasteiger partial charge is 0.507 e. The molecule has 1 aromatic rings. The Morgan fingerprint density at radius 1 is 1.42 bits per heavy atom. The number of nitrogens with zero attached hydrogens (tertiary/aromatic N) is 1. The molecule has 0 aliphatic heterocycles. The highest BCUT2D eigenvalue weighted by Gasteiger charge is 2.30. The summed E-state index contributed by atoms with van der Waals surface area (Å²) in [6, 6.07) is 4.91. The van der Waals surface area contributed by atoms with Crippen LogP contribution in [0.1, 0.15) is 36.0 Å². The predicted octanol–water partition coefficient (Wildman–Crippen LogP) is 3.78. The van der Waals surface area contributed by atoms with Crippen LogP contribution in [0.4, 0.5) is 0 Å². The molecule has 1 saturated carbocycles. The van der Waals surface area contributed by atoms with Crippen LogP contribution < -0.4 is 0 Å². The average Bonchev–Trinajstić information content (AvgIpc) is 2.40. The molecular weight excluding hydrogens is 330 g/mol. The van der Waals surface area contributed by atoms with Crippen molar-refractivity contribution in [3.8, 4) is 5.75 Å². The maximum absolute atomic E-state index is 12.4. The van der Waals surface area contributed by atoms with E-state index in [9.17, 15) is 9.90 Å². The third-order valence-corrected chi connectivity index (χ3v) is 4.66. The van der Waals surface area contributed by atoms with Crippen molar-refractivity contribution in [3.05, 3.63) is 28.2 Å². The fourth-order valence-corrected chi connectivity index (χ4v) is 3.33. The fourth-order valence-electron chi connectivity index (χ4n) is 2.52. The second-order valence-electron chi connectivity index (χ2n) is 4.95. The lowest BCUT2D eigenvalue weighted by atomic mass is 9.93. The molecule has 0 saturated heterocycles. The van der Waals surface area contributed by atoms with Gasteiger partial charge in [0.15, 0.2) is 0 Å². The maximum atomic E-state index is 12.4. The first-order valence-electron chi connectivity index (χ1n) is 6.40. The van der Waals surface area contributed by atoms with Gasteiger partial charge in [-0.1, -0.05) is 28.8 Å². The SMILES string of the molecule is CN(C(=O)c1cc(Br)ccc1O)C1CCCCC1Cl. The number of benzene rings is 1. The highest BCUT2D eigenvalue weighted by Crippen LogP contribution is 2.29. The molecule has 5 heteroatoms. The van der Waals surface area contributed by atoms with Crippen LogP contribution in [-0.2, 0) is 0 Å². The summed E-state index contributed by atoms with van der Waals surface area (Å²) < 4.78 is 0.771. The summed E-state index contributed by atoms with van der Waals surface area (Å²) in [5.74, 6) is -0.182. The van der Waals surface area contributed by atoms with Crippen LogP contribution in [0, 0.1) is 0 Å². The minimum Gasteiger partial charge on any atom is -0.507 e. The van der Waals surface area contributed by atoms with Crippen molar-refractivity contribution >= 4 is 33.4 Å². The van der Waals surface area contributed by atoms with Gasteiger partial charge in [0.1, 0.15) is 5.75 Å². The molecule has 1 N–H and O–H groups in total. The number of hydrogen-bond acceptors (Lipinski definition) is 2. The highest BCUT2D eigenvalue weighted by molar-refractivity contribution is 9.10. The zero-order valence-electron chi connectivity index (χ0n) is 10.8. The first kappa shape index (κ1) is 14.7. The van der Waals surface area contributed by atoms with E-state index < -0.39 is 0 Å². The van der Waals surface area contributed by atoms with Crippen molar-refractivity contribution in [2.24, 2.45) is 0 Å². The summed E-state index contributed by atoms with van der Waals surface area (Å²) >= 11 is 9.63. The monoisotopic (exact) mass is 345 g/mol. The number of phenols is 1. The lowest BCUT2D eigenvalue weighted by Crippen LogP contribution is -2.44. The topological polar surface area (TPSA) is 40.5 Å². The zero-order chi connectivity index (χ0) is 14.0. The number of carbonyl (C=O) groups is 1. The molecule has 0 radical (unpaired) electrons. The van der Waals surface area contributed by atoms with Crippen LogP contribution in [-0.4, -0.2) is 34.4 Å². The number of halogens is 2. The number of rotatable bonds is 2. The molecule has 0 aromatic heterocycles. The number of aromatic hydroxyl groups is 1. The second kappa shape index (κ2) is 6.14. The Morgan fingerprint density at radius 3 is 2.79 bits per heavy atom. The highest BCUT2D eigenvalue weighted by atomic mass is 79.9. The number of hydrogen-bond donors (Lipinski definition) is 1. The molecule has 1 aliphatic carbocycles. The van der Waals surface area contributed by atoms with Crippen LogP contribution in [0.25, 0.3) is 0 Å². The van der Waals surface area contributed by atoms with Gasteiger partial charge in [-0.2, -0.15) is 0 Å². The van der Waals surface area contributed by atoms with Crippen molar-refractivity contribution in [1.82, 2.24) is 4.90 Å². The molecule has 1 fully saturated rings. The van der Waals surface area contributed by atoms with Crippen molar-refractivity contribution in [2.45, 2.75) is 37.1 Å². The van der Waals surface area contributed by atoms with E-state index in [0.29, 0.717) is 5.56 Å². The van der Waals surface area contributed by atoms with Gasteiger partial charge in [-0.15, -0.1) is 11.6 Å². The van der Waals surface area contributed by atoms with E-state index in [0.717, 1.165) is 30.2 Å². The number of carbonyl (C=O) groups excluding carboxylic acids is 1. The number of phenolic OH excluding ortho intramolecular Hbond substituents is 1. The van der Waals surface area contributed by atoms with Gasteiger partial charge in [-0.3, -0.25) is 4.79 Å². The molecule has 2 rings (SSSR count). The first-order valence-corrected chi connectivity index (χ1v) is 7.63. The maximum Gasteiger partial charge on any atom is 0.257 e. The van der Waals surface area contributed by atoms with Crippen LogP contribution in [0.3, 0.4) is 0 Å². The Morgan fingerprint density at radius 2 is 2.11 bits per heavy atom. The summed E-state index contributed by atoms with van der Waals surface area (Å²) in [7, 11) is 1.76. The minimum atomic E-state index is -0.184. The van der Waals surface area contributed by atoms with Gasteiger partial charge in [-0.05, 0) is 31.0 Å². The van der Waals surface area contributed by atoms with Gasteiger partial charge >= 0.3 is 0 Å². The third kappa shape index (κ3) is 3.23. The molecule has 19 heavy (non-hydrogen) atoms. The normalized spacial score (nSPS) is 23.1. The van der Waals surface area contributed by atoms with Crippen molar-refractivity contribution in [2.75, 3.05) is 7.05 Å². The van der Waals surface area contributed by atoms with Gasteiger partial charge in [0.05, 0.1) is 10.9 Å². The van der Waals surface area contributed by atoms with Crippen LogP contribution in [0.15, 0.2) is 22.7 Å². The lowest BCUT2D eigenvalue weighted by molar-refractivity contribution is 0.0697. The molecule has 0 heterocycles. The van der Waals surface area contributed by atoms with Crippen molar-refractivity contribution in [1.29, 1.82) is 0 Å². The number of amides is 1. The first-order chi connectivity index (χ1) is 9.00. The van der Waals surface area contributed by atoms with E-state index in [1.807, 2.05) is 0 Å². The van der Waals surface area contributed by atoms with E-state index in [1.165, 1.54) is 6.07 Å². The molecule has 104 valence electrons. The van der Waals surface area contributed by atoms with Crippen LogP contribution in [0.2, 0.25) is 0 Å². The molecule has 3 nitrogen and oxygen atoms in total. The number of alkyl halides is 1. The molecule has 2 unspecified atom stereocenters. The summed E-state index contributed by atoms with van der Waals surface area (Å²) in [4.78, 5) is 14.1. The third-order valence-electron chi connectivity index (χ3n) is 3.65. The molecule has 1 aliphatic rings. The van der Waals surface area contributed by atoms with Gasteiger partial charge in [0.2, 0.25) is 0 Å². The Labute approximate surface area is 126 Å². The quantitative estimate of drug-likeness (QED) is 0.828. The average molecular weight is 347 g/mol. The summed E-state index contributed by atoms with van der Waals surface area (Å²) in [6.45, 7) is 0. The molecular formula is C14H17BrClNO2. The van der Waals surface area contributed by atoms with Crippen molar-refractivity contribution < 1.29 is 9.90 Å². The van der Waals surface area contributed by atoms with Gasteiger partial charge in [0.25, 0.3) is 5.91 Å². The Hall–Kier alpha value is -0.740. The zero-order valence-corrected chi connectivity index (χ0v) is 13.1. The molecule has 2 atom stereocenters. The van der Waals surface area contributed by atoms with E-state index in [1.54, 1.807) is 24.1 Å². The van der Waals surface area contributed by atoms with E-state index in [2.05, 4.69) is 15.9 Å². The van der Waals surface area contributed by atoms with E-state index in [4.69, 9.17) is 11.6 Å². The Bertz CT molecular complexity index is 481. The fraction of sp³-hybridized carbons (Fsp3) is 0.500. The van der Waals surface area contributed by atoms with Gasteiger partial charge in [-0.25, -0.2) is 0 Å². The lowest BCUT2D eigenvalue weighted by Gasteiger charge is -2.35. The molecule has 0 spiro atoms. The summed E-state index contributed by atoms with van der Waals surface area (Å²) in [5, 5.41) is 9.81. The minimum absolute atomic E-state index is 0.00184. The predicted molar refractivity (Wildman–Crippen MR) is 79.8 cm³/mol. The van der Waals surface area contributed by atoms with Crippen molar-refractivity contribution in [3.63, 3.8) is 0 Å². The second-order valence-corrected chi connectivity index (χ2v) is 6.42. The van der Waals surface area contributed by atoms with Gasteiger partial charge < -0.3 is 10.0 Å². The van der Waals surface area contributed by atoms with Crippen LogP contribution in [0.5, 0.6) is 5.75 Å². The molecule has 0 bridgehead atoms. The Balaban J connectivity index is 2.20. The van der Waals surface area contributed by atoms with E-state index >= 15 is 0 Å². The Kier molecular flexibility index (Phi) is 4.74. The smallest absolute Gasteiger partial charge is 0.257 e. The molecule has 1 amide bonds. The van der Waals surface area contributed by atoms with Crippen LogP contribution >= 0.6 is 27.5 Å². The van der Waals surface area contributed by atoms with E-state index in [-0.39, 0.29) is 23.1 Å². The standard InChI is InChI=1S/C14H17BrClNO2/c1-17(12-5-3-2-4-11(12)16)14(19)10-8-9(15)6-7-13(10)18/h6-8,11-12,18H,2-5H2,1H3. The van der Waals surface area contributed by atoms with Gasteiger partial charge in [0, 0.05) is 17.6 Å². The summed E-state index contributed by atoms with van der Waals surface area (Å²) in [5.41, 5.74) is 0.311.